The molecule has 2 aromatic carbocycles. The van der Waals surface area contributed by atoms with E-state index in [2.05, 4.69) is 20.5 Å². The van der Waals surface area contributed by atoms with E-state index in [1.165, 1.54) is 35.2 Å². The Kier molecular flexibility index (Phi) is 6.49. The number of rotatable bonds is 7. The summed E-state index contributed by atoms with van der Waals surface area (Å²) in [6.07, 6.45) is 1.62. The van der Waals surface area contributed by atoms with Crippen LogP contribution in [0.3, 0.4) is 0 Å². The number of carbonyl (C=O) groups is 1. The van der Waals surface area contributed by atoms with Crippen LogP contribution in [0.2, 0.25) is 5.02 Å². The maximum absolute atomic E-state index is 12.4. The fourth-order valence-corrected chi connectivity index (χ4v) is 4.50. The molecular weight excluding hydrogens is 472 g/mol. The highest BCUT2D eigenvalue weighted by atomic mass is 35.5. The number of amides is 1. The normalized spacial score (nSPS) is 10.8. The molecule has 0 aliphatic rings. The van der Waals surface area contributed by atoms with Crippen LogP contribution in [-0.4, -0.2) is 36.3 Å². The van der Waals surface area contributed by atoms with E-state index in [0.717, 1.165) is 10.7 Å². The molecule has 4 aromatic rings. The predicted octanol–water partition coefficient (Wildman–Crippen LogP) is 4.99. The highest BCUT2D eigenvalue weighted by molar-refractivity contribution is 7.99. The summed E-state index contributed by atoms with van der Waals surface area (Å²) in [6.45, 7) is 1.80. The first kappa shape index (κ1) is 21.9. The lowest BCUT2D eigenvalue weighted by Crippen LogP contribution is -2.14. The van der Waals surface area contributed by atoms with Gasteiger partial charge in [0.05, 0.1) is 22.6 Å². The summed E-state index contributed by atoms with van der Waals surface area (Å²) >= 11 is 8.71. The number of nitro benzene ring substituents is 1. The van der Waals surface area contributed by atoms with E-state index in [1.807, 2.05) is 10.6 Å². The van der Waals surface area contributed by atoms with Crippen LogP contribution < -0.4 is 5.32 Å². The molecule has 9 nitrogen and oxygen atoms in total. The minimum absolute atomic E-state index is 0.0257. The molecular formula is C20H15ClN6O3S2. The van der Waals surface area contributed by atoms with Crippen molar-refractivity contribution in [2.75, 3.05) is 11.1 Å². The summed E-state index contributed by atoms with van der Waals surface area (Å²) in [5.74, 6) is -0.159. The lowest BCUT2D eigenvalue weighted by atomic mass is 10.1. The number of hydrogen-bond donors (Lipinski definition) is 1. The van der Waals surface area contributed by atoms with Crippen LogP contribution in [0, 0.1) is 17.0 Å². The summed E-state index contributed by atoms with van der Waals surface area (Å²) in [5, 5.41) is 24.0. The molecule has 32 heavy (non-hydrogen) atoms. The van der Waals surface area contributed by atoms with Crippen molar-refractivity contribution in [3.63, 3.8) is 0 Å². The Labute approximate surface area is 195 Å². The fourth-order valence-electron chi connectivity index (χ4n) is 2.92. The second-order valence-corrected chi connectivity index (χ2v) is 9.07. The molecule has 2 heterocycles. The fraction of sp³-hybridized carbons (Fsp3) is 0.100. The molecule has 0 bridgehead atoms. The zero-order valence-corrected chi connectivity index (χ0v) is 18.9. The van der Waals surface area contributed by atoms with Crippen LogP contribution in [0.4, 0.5) is 10.8 Å². The first-order valence-electron chi connectivity index (χ1n) is 9.22. The van der Waals surface area contributed by atoms with Gasteiger partial charge in [-0.3, -0.25) is 24.8 Å². The third kappa shape index (κ3) is 4.96. The Morgan fingerprint density at radius 2 is 2.06 bits per heavy atom. The summed E-state index contributed by atoms with van der Waals surface area (Å²) < 4.78 is 1.82. The average Bonchev–Trinajstić information content (AvgIpc) is 3.38. The molecule has 1 amide bonds. The van der Waals surface area contributed by atoms with E-state index in [-0.39, 0.29) is 17.3 Å². The van der Waals surface area contributed by atoms with Crippen molar-refractivity contribution in [2.45, 2.75) is 12.1 Å². The Hall–Kier alpha value is -3.28. The number of carbonyl (C=O) groups excluding carboxylic acids is 1. The molecule has 12 heteroatoms. The second-order valence-electron chi connectivity index (χ2n) is 6.51. The molecule has 1 N–H and O–H groups in total. The summed E-state index contributed by atoms with van der Waals surface area (Å²) in [7, 11) is 0. The van der Waals surface area contributed by atoms with Crippen LogP contribution in [0.1, 0.15) is 5.01 Å². The standard InChI is InChI=1S/C20H15ClN6O3S2/c1-12-24-25-19(32-12)23-18(28)11-31-20-22-10-17(13-4-2-7-16(8-13)27(29)30)26(20)15-6-3-5-14(21)9-15/h2-10H,11H2,1H3,(H,23,25,28). The van der Waals surface area contributed by atoms with Gasteiger partial charge in [-0.25, -0.2) is 4.98 Å². The summed E-state index contributed by atoms with van der Waals surface area (Å²) in [5.41, 5.74) is 1.95. The van der Waals surface area contributed by atoms with Crippen molar-refractivity contribution in [1.82, 2.24) is 19.7 Å². The molecule has 0 atom stereocenters. The zero-order valence-electron chi connectivity index (χ0n) is 16.6. The summed E-state index contributed by atoms with van der Waals surface area (Å²) in [4.78, 5) is 27.6. The molecule has 0 fully saturated rings. The molecule has 2 aromatic heterocycles. The van der Waals surface area contributed by atoms with Crippen molar-refractivity contribution in [1.29, 1.82) is 0 Å². The van der Waals surface area contributed by atoms with E-state index in [9.17, 15) is 14.9 Å². The number of nitrogens with one attached hydrogen (secondary N) is 1. The van der Waals surface area contributed by atoms with E-state index in [0.29, 0.717) is 26.6 Å². The van der Waals surface area contributed by atoms with Crippen molar-refractivity contribution in [2.24, 2.45) is 0 Å². The first-order chi connectivity index (χ1) is 15.4. The topological polar surface area (TPSA) is 116 Å². The molecule has 0 aliphatic carbocycles. The number of halogens is 1. The Morgan fingerprint density at radius 1 is 1.25 bits per heavy atom. The minimum Gasteiger partial charge on any atom is -0.300 e. The number of benzene rings is 2. The smallest absolute Gasteiger partial charge is 0.270 e. The van der Waals surface area contributed by atoms with E-state index < -0.39 is 4.92 Å². The second kappa shape index (κ2) is 9.47. The number of nitrogens with zero attached hydrogens (tertiary/aromatic N) is 5. The predicted molar refractivity (Wildman–Crippen MR) is 125 cm³/mol. The number of aromatic nitrogens is 4. The monoisotopic (exact) mass is 486 g/mol. The van der Waals surface area contributed by atoms with Crippen molar-refractivity contribution in [3.8, 4) is 16.9 Å². The Bertz CT molecular complexity index is 1310. The highest BCUT2D eigenvalue weighted by Gasteiger charge is 2.18. The van der Waals surface area contributed by atoms with Gasteiger partial charge in [0.2, 0.25) is 11.0 Å². The number of nitro groups is 1. The molecule has 4 rings (SSSR count). The van der Waals surface area contributed by atoms with Gasteiger partial charge in [0.1, 0.15) is 5.01 Å². The molecule has 0 saturated heterocycles. The maximum Gasteiger partial charge on any atom is 0.270 e. The van der Waals surface area contributed by atoms with Crippen LogP contribution >= 0.6 is 34.7 Å². The van der Waals surface area contributed by atoms with Gasteiger partial charge in [0.15, 0.2) is 5.16 Å². The molecule has 0 spiro atoms. The Morgan fingerprint density at radius 3 is 2.78 bits per heavy atom. The SMILES string of the molecule is Cc1nnc(NC(=O)CSc2ncc(-c3cccc([N+](=O)[O-])c3)n2-c2cccc(Cl)c2)s1. The van der Waals surface area contributed by atoms with Gasteiger partial charge in [-0.05, 0) is 25.1 Å². The van der Waals surface area contributed by atoms with Gasteiger partial charge in [-0.2, -0.15) is 0 Å². The van der Waals surface area contributed by atoms with Crippen molar-refractivity contribution < 1.29 is 9.72 Å². The van der Waals surface area contributed by atoms with E-state index in [4.69, 9.17) is 11.6 Å². The van der Waals surface area contributed by atoms with Crippen molar-refractivity contribution in [3.05, 3.63) is 74.9 Å². The number of anilines is 1. The molecule has 0 saturated carbocycles. The summed E-state index contributed by atoms with van der Waals surface area (Å²) in [6, 6.07) is 13.5. The maximum atomic E-state index is 12.4. The largest absolute Gasteiger partial charge is 0.300 e. The molecule has 0 unspecified atom stereocenters. The van der Waals surface area contributed by atoms with Gasteiger partial charge >= 0.3 is 0 Å². The van der Waals surface area contributed by atoms with Gasteiger partial charge in [0.25, 0.3) is 5.69 Å². The van der Waals surface area contributed by atoms with Gasteiger partial charge in [-0.15, -0.1) is 10.2 Å². The lowest BCUT2D eigenvalue weighted by molar-refractivity contribution is -0.384. The van der Waals surface area contributed by atoms with Crippen LogP contribution in [0.25, 0.3) is 16.9 Å². The third-order valence-electron chi connectivity index (χ3n) is 4.25. The average molecular weight is 487 g/mol. The number of aryl methyl sites for hydroxylation is 1. The van der Waals surface area contributed by atoms with E-state index in [1.54, 1.807) is 43.5 Å². The number of thioether (sulfide) groups is 1. The first-order valence-corrected chi connectivity index (χ1v) is 11.4. The molecule has 0 aliphatic heterocycles. The highest BCUT2D eigenvalue weighted by Crippen LogP contribution is 2.32. The lowest BCUT2D eigenvalue weighted by Gasteiger charge is -2.12. The van der Waals surface area contributed by atoms with Crippen LogP contribution in [0.15, 0.2) is 59.9 Å². The third-order valence-corrected chi connectivity index (χ3v) is 6.20. The van der Waals surface area contributed by atoms with Gasteiger partial charge in [-0.1, -0.05) is 52.9 Å². The van der Waals surface area contributed by atoms with Crippen LogP contribution in [0.5, 0.6) is 0 Å². The number of imidazole rings is 1. The molecule has 0 radical (unpaired) electrons. The van der Waals surface area contributed by atoms with Crippen molar-refractivity contribution >= 4 is 51.4 Å². The quantitative estimate of drug-likeness (QED) is 0.222. The van der Waals surface area contributed by atoms with Gasteiger partial charge < -0.3 is 0 Å². The Balaban J connectivity index is 1.66. The zero-order chi connectivity index (χ0) is 22.7. The minimum atomic E-state index is -0.446. The number of hydrogen-bond acceptors (Lipinski definition) is 8. The van der Waals surface area contributed by atoms with E-state index >= 15 is 0 Å². The molecule has 162 valence electrons. The van der Waals surface area contributed by atoms with Gasteiger partial charge in [0, 0.05) is 28.4 Å². The van der Waals surface area contributed by atoms with Crippen LogP contribution in [-0.2, 0) is 4.79 Å². The number of non-ortho nitro benzene ring substituents is 1.